The Hall–Kier alpha value is -3.56. The van der Waals surface area contributed by atoms with Crippen molar-refractivity contribution in [2.24, 2.45) is 10.9 Å². The third-order valence-electron chi connectivity index (χ3n) is 5.13. The van der Waals surface area contributed by atoms with Gasteiger partial charge in [0.15, 0.2) is 0 Å². The molecule has 158 valence electrons. The lowest BCUT2D eigenvalue weighted by Gasteiger charge is -2.09. The zero-order valence-electron chi connectivity index (χ0n) is 17.9. The molecule has 0 aliphatic carbocycles. The van der Waals surface area contributed by atoms with Crippen LogP contribution in [-0.2, 0) is 6.42 Å². The highest BCUT2D eigenvalue weighted by atomic mass is 32.1. The number of rotatable bonds is 4. The molecule has 4 heteroatoms. The first-order valence-corrected chi connectivity index (χ1v) is 10.7. The van der Waals surface area contributed by atoms with Gasteiger partial charge in [-0.2, -0.15) is 0 Å². The summed E-state index contributed by atoms with van der Waals surface area (Å²) in [6, 6.07) is 20.9. The van der Waals surface area contributed by atoms with Gasteiger partial charge in [-0.15, -0.1) is 4.99 Å². The van der Waals surface area contributed by atoms with Crippen molar-refractivity contribution in [3.63, 3.8) is 0 Å². The van der Waals surface area contributed by atoms with E-state index < -0.39 is 11.6 Å². The van der Waals surface area contributed by atoms with E-state index in [0.717, 1.165) is 35.2 Å². The van der Waals surface area contributed by atoms with Crippen LogP contribution in [0.15, 0.2) is 65.7 Å². The van der Waals surface area contributed by atoms with Gasteiger partial charge < -0.3 is 0 Å². The first kappa shape index (κ1) is 23.1. The number of thiocarbonyl (C=S) groups is 1. The molecule has 0 aliphatic heterocycles. The van der Waals surface area contributed by atoms with E-state index in [1.165, 1.54) is 12.0 Å². The van der Waals surface area contributed by atoms with Gasteiger partial charge in [-0.05, 0) is 71.4 Å². The maximum Gasteiger partial charge on any atom is 0.143 e. The standard InChI is InChI=1S/C28H21F2NS/c1-3-20(2)16-22-8-12-25(13-9-22)24-10-6-21(7-11-24)4-5-23-17-27(29)26(28(30)18-23)14-15-31-19-32/h6-13,17-18,20H,3,16H2,1-2H3. The van der Waals surface area contributed by atoms with E-state index in [9.17, 15) is 8.78 Å². The fourth-order valence-corrected chi connectivity index (χ4v) is 3.19. The van der Waals surface area contributed by atoms with Crippen molar-refractivity contribution in [3.05, 3.63) is 94.6 Å². The predicted octanol–water partition coefficient (Wildman–Crippen LogP) is 7.03. The van der Waals surface area contributed by atoms with E-state index in [1.54, 1.807) is 0 Å². The number of hydrogen-bond donors (Lipinski definition) is 0. The van der Waals surface area contributed by atoms with E-state index in [0.29, 0.717) is 5.92 Å². The average molecular weight is 442 g/mol. The maximum absolute atomic E-state index is 14.1. The topological polar surface area (TPSA) is 12.4 Å². The van der Waals surface area contributed by atoms with Gasteiger partial charge in [-0.3, -0.25) is 0 Å². The summed E-state index contributed by atoms with van der Waals surface area (Å²) >= 11 is 4.37. The lowest BCUT2D eigenvalue weighted by atomic mass is 9.96. The fraction of sp³-hybridized carbons (Fsp3) is 0.179. The smallest absolute Gasteiger partial charge is 0.143 e. The molecule has 0 heterocycles. The molecule has 0 amide bonds. The molecule has 3 aromatic carbocycles. The molecule has 32 heavy (non-hydrogen) atoms. The molecule has 0 saturated heterocycles. The van der Waals surface area contributed by atoms with Crippen LogP contribution in [0.3, 0.4) is 0 Å². The largest absolute Gasteiger partial charge is 0.205 e. The van der Waals surface area contributed by atoms with E-state index >= 15 is 0 Å². The lowest BCUT2D eigenvalue weighted by molar-refractivity contribution is 0.560. The molecule has 0 N–H and O–H groups in total. The monoisotopic (exact) mass is 441 g/mol. The van der Waals surface area contributed by atoms with Gasteiger partial charge in [0.05, 0.1) is 16.8 Å². The van der Waals surface area contributed by atoms with Crippen LogP contribution >= 0.6 is 12.2 Å². The highest BCUT2D eigenvalue weighted by Gasteiger charge is 2.08. The van der Waals surface area contributed by atoms with Gasteiger partial charge in [0.1, 0.15) is 11.6 Å². The first-order chi connectivity index (χ1) is 15.5. The first-order valence-electron chi connectivity index (χ1n) is 10.3. The summed E-state index contributed by atoms with van der Waals surface area (Å²) in [5.41, 5.74) is 4.17. The second-order valence-corrected chi connectivity index (χ2v) is 7.68. The van der Waals surface area contributed by atoms with Crippen LogP contribution in [0.4, 0.5) is 8.78 Å². The van der Waals surface area contributed by atoms with Gasteiger partial charge in [0.2, 0.25) is 0 Å². The number of benzene rings is 3. The zero-order chi connectivity index (χ0) is 22.9. The Morgan fingerprint density at radius 3 is 1.97 bits per heavy atom. The average Bonchev–Trinajstić information content (AvgIpc) is 2.80. The summed E-state index contributed by atoms with van der Waals surface area (Å²) in [5, 5.41) is 2.02. The van der Waals surface area contributed by atoms with Crippen molar-refractivity contribution in [2.75, 3.05) is 0 Å². The van der Waals surface area contributed by atoms with Gasteiger partial charge in [-0.25, -0.2) is 8.78 Å². The molecule has 1 unspecified atom stereocenters. The van der Waals surface area contributed by atoms with Crippen LogP contribution in [0.5, 0.6) is 0 Å². The molecule has 0 fully saturated rings. The number of halogens is 2. The minimum atomic E-state index is -0.798. The molecule has 3 aromatic rings. The fourth-order valence-electron chi connectivity index (χ4n) is 3.14. The van der Waals surface area contributed by atoms with Crippen molar-refractivity contribution >= 4 is 17.4 Å². The van der Waals surface area contributed by atoms with Crippen LogP contribution in [-0.4, -0.2) is 5.16 Å². The zero-order valence-corrected chi connectivity index (χ0v) is 18.7. The van der Waals surface area contributed by atoms with Crippen molar-refractivity contribution in [3.8, 4) is 34.9 Å². The predicted molar refractivity (Wildman–Crippen MR) is 129 cm³/mol. The number of hydrogen-bond acceptors (Lipinski definition) is 2. The molecule has 0 aromatic heterocycles. The van der Waals surface area contributed by atoms with Gasteiger partial charge in [-0.1, -0.05) is 68.5 Å². The van der Waals surface area contributed by atoms with E-state index in [1.807, 2.05) is 29.4 Å². The molecule has 1 nitrogen and oxygen atoms in total. The molecule has 0 radical (unpaired) electrons. The van der Waals surface area contributed by atoms with Gasteiger partial charge in [0.25, 0.3) is 0 Å². The van der Waals surface area contributed by atoms with E-state index in [2.05, 4.69) is 79.1 Å². The minimum absolute atomic E-state index is 0.227. The lowest BCUT2D eigenvalue weighted by Crippen LogP contribution is -1.97. The van der Waals surface area contributed by atoms with E-state index in [4.69, 9.17) is 0 Å². The van der Waals surface area contributed by atoms with Gasteiger partial charge in [0, 0.05) is 11.1 Å². The Morgan fingerprint density at radius 2 is 1.41 bits per heavy atom. The third-order valence-corrected chi connectivity index (χ3v) is 5.22. The quantitative estimate of drug-likeness (QED) is 0.240. The molecule has 0 saturated carbocycles. The Bertz CT molecular complexity index is 1240. The van der Waals surface area contributed by atoms with E-state index in [-0.39, 0.29) is 11.1 Å². The van der Waals surface area contributed by atoms with Crippen molar-refractivity contribution in [1.82, 2.24) is 0 Å². The Balaban J connectivity index is 1.75. The molecular formula is C28H21F2NS. The molecule has 0 bridgehead atoms. The van der Waals surface area contributed by atoms with Crippen molar-refractivity contribution < 1.29 is 8.78 Å². The SMILES string of the molecule is CCC(C)Cc1ccc(-c2ccc(C#Cc3cc(F)c(C#CN=C=S)c(F)c3)cc2)cc1. The summed E-state index contributed by atoms with van der Waals surface area (Å²) in [6.07, 6.45) is 2.26. The molecular weight excluding hydrogens is 420 g/mol. The highest BCUT2D eigenvalue weighted by Crippen LogP contribution is 2.22. The Morgan fingerprint density at radius 1 is 0.844 bits per heavy atom. The summed E-state index contributed by atoms with van der Waals surface area (Å²) in [6.45, 7) is 4.47. The second kappa shape index (κ2) is 11.2. The minimum Gasteiger partial charge on any atom is -0.205 e. The molecule has 1 atom stereocenters. The van der Waals surface area contributed by atoms with Crippen LogP contribution in [0.25, 0.3) is 11.1 Å². The highest BCUT2D eigenvalue weighted by molar-refractivity contribution is 7.78. The number of aliphatic imine (C=N–C) groups is 1. The van der Waals surface area contributed by atoms with Crippen LogP contribution in [0, 0.1) is 41.4 Å². The van der Waals surface area contributed by atoms with Crippen molar-refractivity contribution in [2.45, 2.75) is 26.7 Å². The van der Waals surface area contributed by atoms with Crippen molar-refractivity contribution in [1.29, 1.82) is 0 Å². The van der Waals surface area contributed by atoms with Crippen LogP contribution < -0.4 is 0 Å². The normalized spacial score (nSPS) is 10.8. The Kier molecular flexibility index (Phi) is 8.07. The van der Waals surface area contributed by atoms with Crippen LogP contribution in [0.1, 0.15) is 42.5 Å². The summed E-state index contributed by atoms with van der Waals surface area (Å²) in [5.74, 6) is 7.09. The summed E-state index contributed by atoms with van der Waals surface area (Å²) in [7, 11) is 0. The number of isothiocyanates is 1. The summed E-state index contributed by atoms with van der Waals surface area (Å²) in [4.78, 5) is 3.34. The summed E-state index contributed by atoms with van der Waals surface area (Å²) < 4.78 is 28.2. The molecule has 3 rings (SSSR count). The maximum atomic E-state index is 14.1. The second-order valence-electron chi connectivity index (χ2n) is 7.50. The number of nitrogens with zero attached hydrogens (tertiary/aromatic N) is 1. The van der Waals surface area contributed by atoms with Crippen LogP contribution in [0.2, 0.25) is 0 Å². The Labute approximate surface area is 193 Å². The molecule has 0 aliphatic rings. The molecule has 0 spiro atoms. The third kappa shape index (κ3) is 6.22. The van der Waals surface area contributed by atoms with Gasteiger partial charge >= 0.3 is 0 Å².